The van der Waals surface area contributed by atoms with E-state index < -0.39 is 5.97 Å². The van der Waals surface area contributed by atoms with Gasteiger partial charge in [-0.15, -0.1) is 0 Å². The van der Waals surface area contributed by atoms with E-state index in [9.17, 15) is 9.90 Å². The number of carboxylic acids is 1. The number of rotatable bonds is 4. The van der Waals surface area contributed by atoms with Crippen LogP contribution in [0.25, 0.3) is 0 Å². The van der Waals surface area contributed by atoms with Crippen molar-refractivity contribution in [3.63, 3.8) is 0 Å². The molecule has 0 aromatic heterocycles. The van der Waals surface area contributed by atoms with Gasteiger partial charge in [0.1, 0.15) is 17.7 Å². The molecule has 1 fully saturated rings. The van der Waals surface area contributed by atoms with Crippen molar-refractivity contribution in [1.82, 2.24) is 5.48 Å². The fraction of sp³-hybridized carbons (Fsp3) is 0.176. The first-order chi connectivity index (χ1) is 11.2. The number of carbonyl (C=O) groups is 1. The molecule has 0 saturated carbocycles. The molecule has 0 radical (unpaired) electrons. The topological polar surface area (TPSA) is 80.2 Å². The van der Waals surface area contributed by atoms with E-state index in [0.29, 0.717) is 17.9 Å². The average molecular weight is 312 g/mol. The third kappa shape index (κ3) is 3.32. The molecule has 0 aliphatic carbocycles. The molecule has 3 rings (SSSR count). The van der Waals surface area contributed by atoms with E-state index in [0.717, 1.165) is 11.3 Å². The zero-order valence-electron chi connectivity index (χ0n) is 12.5. The van der Waals surface area contributed by atoms with Gasteiger partial charge in [0, 0.05) is 6.42 Å². The maximum absolute atomic E-state index is 11.2. The highest BCUT2D eigenvalue weighted by molar-refractivity contribution is 5.95. The molecule has 1 aliphatic rings. The fourth-order valence-electron chi connectivity index (χ4n) is 2.37. The van der Waals surface area contributed by atoms with Gasteiger partial charge in [0.2, 0.25) is 0 Å². The van der Waals surface area contributed by atoms with Gasteiger partial charge >= 0.3 is 5.97 Å². The van der Waals surface area contributed by atoms with E-state index in [4.69, 9.17) is 9.57 Å². The Morgan fingerprint density at radius 3 is 2.70 bits per heavy atom. The number of para-hydroxylation sites is 1. The first-order valence-electron chi connectivity index (χ1n) is 7.13. The van der Waals surface area contributed by atoms with E-state index in [1.807, 2.05) is 24.3 Å². The van der Waals surface area contributed by atoms with Crippen LogP contribution in [0.5, 0.6) is 5.75 Å². The van der Waals surface area contributed by atoms with E-state index in [1.165, 1.54) is 6.07 Å². The summed E-state index contributed by atoms with van der Waals surface area (Å²) in [6, 6.07) is 14.2. The Labute approximate surface area is 133 Å². The quantitative estimate of drug-likeness (QED) is 0.907. The summed E-state index contributed by atoms with van der Waals surface area (Å²) in [5, 5.41) is 9.19. The lowest BCUT2D eigenvalue weighted by molar-refractivity contribution is 0.0448. The Morgan fingerprint density at radius 1 is 1.26 bits per heavy atom. The van der Waals surface area contributed by atoms with Crippen LogP contribution in [0.4, 0.5) is 5.69 Å². The maximum Gasteiger partial charge on any atom is 0.337 e. The number of amidine groups is 1. The second-order valence-electron chi connectivity index (χ2n) is 5.07. The van der Waals surface area contributed by atoms with E-state index in [2.05, 4.69) is 10.5 Å². The van der Waals surface area contributed by atoms with Crippen LogP contribution in [0.3, 0.4) is 0 Å². The standard InChI is InChI=1S/C17H16N2O4/c1-22-12-8-6-11(7-9-12)15-10-16(19-23-15)18-14-5-3-2-4-13(14)17(20)21/h2-9,15H,10H2,1H3,(H,18,19)(H,20,21). The predicted molar refractivity (Wildman–Crippen MR) is 85.1 cm³/mol. The number of hydroxylamine groups is 1. The second kappa shape index (κ2) is 6.50. The van der Waals surface area contributed by atoms with E-state index >= 15 is 0 Å². The van der Waals surface area contributed by atoms with Gasteiger partial charge in [0.15, 0.2) is 0 Å². The minimum atomic E-state index is -1.00. The summed E-state index contributed by atoms with van der Waals surface area (Å²) < 4.78 is 5.13. The molecule has 23 heavy (non-hydrogen) atoms. The maximum atomic E-state index is 11.2. The Bertz CT molecular complexity index is 741. The van der Waals surface area contributed by atoms with Crippen molar-refractivity contribution in [2.75, 3.05) is 7.11 Å². The van der Waals surface area contributed by atoms with Crippen LogP contribution in [-0.4, -0.2) is 24.0 Å². The zero-order chi connectivity index (χ0) is 16.2. The Kier molecular flexibility index (Phi) is 4.25. The van der Waals surface area contributed by atoms with Gasteiger partial charge in [-0.3, -0.25) is 10.3 Å². The highest BCUT2D eigenvalue weighted by Crippen LogP contribution is 2.28. The smallest absolute Gasteiger partial charge is 0.337 e. The molecule has 1 saturated heterocycles. The molecule has 2 aromatic rings. The van der Waals surface area contributed by atoms with Crippen molar-refractivity contribution < 1.29 is 19.5 Å². The SMILES string of the molecule is COc1ccc(C2CC(=Nc3ccccc3C(=O)O)NO2)cc1. The molecule has 1 heterocycles. The minimum Gasteiger partial charge on any atom is -0.497 e. The Balaban J connectivity index is 1.78. The summed E-state index contributed by atoms with van der Waals surface area (Å²) in [7, 11) is 1.62. The molecule has 2 aromatic carbocycles. The summed E-state index contributed by atoms with van der Waals surface area (Å²) >= 11 is 0. The summed E-state index contributed by atoms with van der Waals surface area (Å²) in [4.78, 5) is 21.1. The van der Waals surface area contributed by atoms with Crippen LogP contribution >= 0.6 is 0 Å². The fourth-order valence-corrected chi connectivity index (χ4v) is 2.37. The number of hydrogen-bond acceptors (Lipinski definition) is 4. The van der Waals surface area contributed by atoms with Gasteiger partial charge in [-0.2, -0.15) is 0 Å². The zero-order valence-corrected chi connectivity index (χ0v) is 12.5. The van der Waals surface area contributed by atoms with Crippen molar-refractivity contribution in [2.24, 2.45) is 4.99 Å². The summed E-state index contributed by atoms with van der Waals surface area (Å²) in [5.74, 6) is 0.374. The van der Waals surface area contributed by atoms with Crippen molar-refractivity contribution in [1.29, 1.82) is 0 Å². The molecule has 6 heteroatoms. The number of ether oxygens (including phenoxy) is 1. The lowest BCUT2D eigenvalue weighted by Crippen LogP contribution is -2.12. The highest BCUT2D eigenvalue weighted by Gasteiger charge is 2.24. The number of aromatic carboxylic acids is 1. The van der Waals surface area contributed by atoms with E-state index in [1.54, 1.807) is 25.3 Å². The number of nitrogens with zero attached hydrogens (tertiary/aromatic N) is 1. The monoisotopic (exact) mass is 312 g/mol. The molecule has 2 N–H and O–H groups in total. The predicted octanol–water partition coefficient (Wildman–Crippen LogP) is 3.09. The normalized spacial score (nSPS) is 18.7. The van der Waals surface area contributed by atoms with Crippen molar-refractivity contribution in [3.8, 4) is 5.75 Å². The number of carboxylic acid groups (broad SMARTS) is 1. The minimum absolute atomic E-state index is 0.162. The second-order valence-corrected chi connectivity index (χ2v) is 5.07. The van der Waals surface area contributed by atoms with Crippen LogP contribution in [0.1, 0.15) is 28.4 Å². The lowest BCUT2D eigenvalue weighted by Gasteiger charge is -2.07. The number of aliphatic imine (C=N–C) groups is 1. The van der Waals surface area contributed by atoms with Crippen LogP contribution < -0.4 is 10.2 Å². The molecule has 118 valence electrons. The Hall–Kier alpha value is -2.86. The van der Waals surface area contributed by atoms with Crippen LogP contribution in [0.2, 0.25) is 0 Å². The highest BCUT2D eigenvalue weighted by atomic mass is 16.7. The van der Waals surface area contributed by atoms with Crippen LogP contribution in [0, 0.1) is 0 Å². The third-order valence-electron chi connectivity index (χ3n) is 3.58. The molecule has 1 atom stereocenters. The van der Waals surface area contributed by atoms with Crippen LogP contribution in [0.15, 0.2) is 53.5 Å². The molecule has 1 aliphatic heterocycles. The molecule has 0 spiro atoms. The van der Waals surface area contributed by atoms with Crippen molar-refractivity contribution in [3.05, 3.63) is 59.7 Å². The van der Waals surface area contributed by atoms with Gasteiger partial charge in [-0.05, 0) is 29.8 Å². The molecule has 1 unspecified atom stereocenters. The number of benzene rings is 2. The van der Waals surface area contributed by atoms with Gasteiger partial charge in [-0.25, -0.2) is 9.79 Å². The molecule has 0 amide bonds. The summed E-state index contributed by atoms with van der Waals surface area (Å²) in [5.41, 5.74) is 4.34. The summed E-state index contributed by atoms with van der Waals surface area (Å²) in [6.07, 6.45) is 0.372. The number of hydrogen-bond donors (Lipinski definition) is 2. The van der Waals surface area contributed by atoms with E-state index in [-0.39, 0.29) is 11.7 Å². The van der Waals surface area contributed by atoms with Gasteiger partial charge in [0.25, 0.3) is 0 Å². The van der Waals surface area contributed by atoms with Crippen molar-refractivity contribution >= 4 is 17.5 Å². The van der Waals surface area contributed by atoms with Gasteiger partial charge in [0.05, 0.1) is 18.4 Å². The average Bonchev–Trinajstić information content (AvgIpc) is 3.04. The lowest BCUT2D eigenvalue weighted by atomic mass is 10.1. The van der Waals surface area contributed by atoms with Gasteiger partial charge in [-0.1, -0.05) is 24.3 Å². The number of nitrogens with one attached hydrogen (secondary N) is 1. The number of methoxy groups -OCH3 is 1. The summed E-state index contributed by atoms with van der Waals surface area (Å²) in [6.45, 7) is 0. The van der Waals surface area contributed by atoms with Crippen LogP contribution in [-0.2, 0) is 4.84 Å². The molecule has 0 bridgehead atoms. The molecular weight excluding hydrogens is 296 g/mol. The van der Waals surface area contributed by atoms with Crippen molar-refractivity contribution in [2.45, 2.75) is 12.5 Å². The largest absolute Gasteiger partial charge is 0.497 e. The Morgan fingerprint density at radius 2 is 2.00 bits per heavy atom. The molecule has 6 nitrogen and oxygen atoms in total. The first kappa shape index (κ1) is 15.1. The third-order valence-corrected chi connectivity index (χ3v) is 3.58. The first-order valence-corrected chi connectivity index (χ1v) is 7.13. The van der Waals surface area contributed by atoms with Gasteiger partial charge < -0.3 is 9.84 Å². The molecular formula is C17H16N2O4.